The summed E-state index contributed by atoms with van der Waals surface area (Å²) in [6.45, 7) is 6.11. The topological polar surface area (TPSA) is 23.8 Å². The first-order valence-corrected chi connectivity index (χ1v) is 5.42. The SMILES string of the molecule is CCCc1ccc(C(C)(C)C#N)s1. The second-order valence-electron chi connectivity index (χ2n) is 3.75. The van der Waals surface area contributed by atoms with Gasteiger partial charge in [-0.2, -0.15) is 5.26 Å². The van der Waals surface area contributed by atoms with Gasteiger partial charge in [0.05, 0.1) is 11.5 Å². The molecule has 70 valence electrons. The summed E-state index contributed by atoms with van der Waals surface area (Å²) in [7, 11) is 0. The molecule has 1 rings (SSSR count). The predicted octanol–water partition coefficient (Wildman–Crippen LogP) is 3.50. The van der Waals surface area contributed by atoms with Crippen molar-refractivity contribution in [1.82, 2.24) is 0 Å². The minimum atomic E-state index is -0.323. The van der Waals surface area contributed by atoms with Crippen LogP contribution in [0.2, 0.25) is 0 Å². The van der Waals surface area contributed by atoms with E-state index in [4.69, 9.17) is 5.26 Å². The van der Waals surface area contributed by atoms with E-state index in [-0.39, 0.29) is 5.41 Å². The Morgan fingerprint density at radius 3 is 2.69 bits per heavy atom. The van der Waals surface area contributed by atoms with Crippen LogP contribution in [-0.2, 0) is 11.8 Å². The van der Waals surface area contributed by atoms with Crippen LogP contribution in [0, 0.1) is 11.3 Å². The van der Waals surface area contributed by atoms with Gasteiger partial charge in [0, 0.05) is 9.75 Å². The minimum Gasteiger partial charge on any atom is -0.197 e. The van der Waals surface area contributed by atoms with Crippen LogP contribution in [0.25, 0.3) is 0 Å². The van der Waals surface area contributed by atoms with Crippen molar-refractivity contribution < 1.29 is 0 Å². The van der Waals surface area contributed by atoms with E-state index in [2.05, 4.69) is 25.1 Å². The first kappa shape index (κ1) is 10.3. The van der Waals surface area contributed by atoms with E-state index in [1.165, 1.54) is 16.2 Å². The van der Waals surface area contributed by atoms with E-state index in [1.807, 2.05) is 13.8 Å². The third kappa shape index (κ3) is 2.32. The highest BCUT2D eigenvalue weighted by molar-refractivity contribution is 7.12. The molecule has 0 unspecified atom stereocenters. The number of aryl methyl sites for hydroxylation is 1. The molecule has 0 amide bonds. The first-order chi connectivity index (χ1) is 6.10. The molecule has 0 aliphatic rings. The Balaban J connectivity index is 2.87. The van der Waals surface area contributed by atoms with Gasteiger partial charge < -0.3 is 0 Å². The van der Waals surface area contributed by atoms with Gasteiger partial charge in [-0.25, -0.2) is 0 Å². The molecule has 1 heterocycles. The third-order valence-corrected chi connectivity index (χ3v) is 3.52. The lowest BCUT2D eigenvalue weighted by Gasteiger charge is -2.11. The van der Waals surface area contributed by atoms with Crippen LogP contribution in [0.4, 0.5) is 0 Å². The Labute approximate surface area is 84.0 Å². The molecule has 0 saturated heterocycles. The summed E-state index contributed by atoms with van der Waals surface area (Å²) in [5.74, 6) is 0. The van der Waals surface area contributed by atoms with E-state index < -0.39 is 0 Å². The van der Waals surface area contributed by atoms with Gasteiger partial charge in [-0.1, -0.05) is 13.3 Å². The van der Waals surface area contributed by atoms with E-state index in [0.29, 0.717) is 0 Å². The van der Waals surface area contributed by atoms with Gasteiger partial charge >= 0.3 is 0 Å². The lowest BCUT2D eigenvalue weighted by atomic mass is 9.94. The molecule has 0 atom stereocenters. The maximum atomic E-state index is 8.94. The maximum Gasteiger partial charge on any atom is 0.0858 e. The van der Waals surface area contributed by atoms with E-state index >= 15 is 0 Å². The molecule has 0 N–H and O–H groups in total. The average molecular weight is 193 g/mol. The molecule has 13 heavy (non-hydrogen) atoms. The second-order valence-corrected chi connectivity index (χ2v) is 4.92. The largest absolute Gasteiger partial charge is 0.197 e. The van der Waals surface area contributed by atoms with Crippen LogP contribution >= 0.6 is 11.3 Å². The highest BCUT2D eigenvalue weighted by Gasteiger charge is 2.21. The van der Waals surface area contributed by atoms with E-state index in [0.717, 1.165) is 6.42 Å². The summed E-state index contributed by atoms with van der Waals surface area (Å²) in [4.78, 5) is 2.57. The number of rotatable bonds is 3. The van der Waals surface area contributed by atoms with Crippen molar-refractivity contribution >= 4 is 11.3 Å². The smallest absolute Gasteiger partial charge is 0.0858 e. The summed E-state index contributed by atoms with van der Waals surface area (Å²) in [5.41, 5.74) is -0.323. The number of nitriles is 1. The van der Waals surface area contributed by atoms with E-state index in [1.54, 1.807) is 11.3 Å². The molecule has 0 spiro atoms. The highest BCUT2D eigenvalue weighted by atomic mass is 32.1. The van der Waals surface area contributed by atoms with Crippen LogP contribution in [0.3, 0.4) is 0 Å². The van der Waals surface area contributed by atoms with Gasteiger partial charge in [0.1, 0.15) is 0 Å². The molecule has 0 aliphatic heterocycles. The zero-order valence-corrected chi connectivity index (χ0v) is 9.24. The molecular weight excluding hydrogens is 178 g/mol. The van der Waals surface area contributed by atoms with Crippen molar-refractivity contribution in [2.45, 2.75) is 39.0 Å². The molecular formula is C11H15NS. The van der Waals surface area contributed by atoms with Gasteiger partial charge in [-0.05, 0) is 32.4 Å². The zero-order chi connectivity index (χ0) is 9.90. The maximum absolute atomic E-state index is 8.94. The van der Waals surface area contributed by atoms with Crippen molar-refractivity contribution in [3.05, 3.63) is 21.9 Å². The molecule has 0 aromatic carbocycles. The van der Waals surface area contributed by atoms with Crippen LogP contribution in [0.5, 0.6) is 0 Å². The molecule has 0 radical (unpaired) electrons. The Kier molecular flexibility index (Phi) is 3.11. The van der Waals surface area contributed by atoms with Crippen LogP contribution < -0.4 is 0 Å². The van der Waals surface area contributed by atoms with Crippen LogP contribution in [0.1, 0.15) is 36.9 Å². The summed E-state index contributed by atoms with van der Waals surface area (Å²) in [6, 6.07) is 6.55. The fourth-order valence-corrected chi connectivity index (χ4v) is 2.31. The Morgan fingerprint density at radius 2 is 2.15 bits per heavy atom. The van der Waals surface area contributed by atoms with Crippen LogP contribution in [-0.4, -0.2) is 0 Å². The van der Waals surface area contributed by atoms with Gasteiger partial charge in [0.15, 0.2) is 0 Å². The van der Waals surface area contributed by atoms with Crippen molar-refractivity contribution in [1.29, 1.82) is 5.26 Å². The number of thiophene rings is 1. The quantitative estimate of drug-likeness (QED) is 0.720. The van der Waals surface area contributed by atoms with Crippen molar-refractivity contribution in [3.63, 3.8) is 0 Å². The van der Waals surface area contributed by atoms with Gasteiger partial charge in [-0.15, -0.1) is 11.3 Å². The summed E-state index contributed by atoms with van der Waals surface area (Å²) in [6.07, 6.45) is 2.30. The van der Waals surface area contributed by atoms with Crippen molar-refractivity contribution in [2.24, 2.45) is 0 Å². The standard InChI is InChI=1S/C11H15NS/c1-4-5-9-6-7-10(13-9)11(2,3)8-12/h6-7H,4-5H2,1-3H3. The van der Waals surface area contributed by atoms with E-state index in [9.17, 15) is 0 Å². The Hall–Kier alpha value is -0.810. The molecule has 1 nitrogen and oxygen atoms in total. The molecule has 2 heteroatoms. The number of hydrogen-bond acceptors (Lipinski definition) is 2. The summed E-state index contributed by atoms with van der Waals surface area (Å²) < 4.78 is 0. The number of nitrogens with zero attached hydrogens (tertiary/aromatic N) is 1. The lowest BCUT2D eigenvalue weighted by Crippen LogP contribution is -2.10. The normalized spacial score (nSPS) is 11.2. The molecule has 0 fully saturated rings. The minimum absolute atomic E-state index is 0.323. The van der Waals surface area contributed by atoms with Crippen molar-refractivity contribution in [3.8, 4) is 6.07 Å². The Bertz CT molecular complexity index is 317. The molecule has 1 aromatic rings. The molecule has 1 aromatic heterocycles. The fourth-order valence-electron chi connectivity index (χ4n) is 1.15. The van der Waals surface area contributed by atoms with Crippen molar-refractivity contribution in [2.75, 3.05) is 0 Å². The molecule has 0 aliphatic carbocycles. The zero-order valence-electron chi connectivity index (χ0n) is 8.42. The van der Waals surface area contributed by atoms with Gasteiger partial charge in [-0.3, -0.25) is 0 Å². The monoisotopic (exact) mass is 193 g/mol. The third-order valence-electron chi connectivity index (χ3n) is 2.05. The van der Waals surface area contributed by atoms with Gasteiger partial charge in [0.2, 0.25) is 0 Å². The molecule has 0 saturated carbocycles. The first-order valence-electron chi connectivity index (χ1n) is 4.60. The van der Waals surface area contributed by atoms with Gasteiger partial charge in [0.25, 0.3) is 0 Å². The fraction of sp³-hybridized carbons (Fsp3) is 0.545. The highest BCUT2D eigenvalue weighted by Crippen LogP contribution is 2.29. The van der Waals surface area contributed by atoms with Crippen LogP contribution in [0.15, 0.2) is 12.1 Å². The lowest BCUT2D eigenvalue weighted by molar-refractivity contribution is 0.703. The Morgan fingerprint density at radius 1 is 1.46 bits per heavy atom. The summed E-state index contributed by atoms with van der Waals surface area (Å²) >= 11 is 1.77. The number of hydrogen-bond donors (Lipinski definition) is 0. The predicted molar refractivity (Wildman–Crippen MR) is 57.0 cm³/mol. The summed E-state index contributed by atoms with van der Waals surface area (Å²) in [5, 5.41) is 8.94. The average Bonchev–Trinajstić information content (AvgIpc) is 2.54. The molecule has 0 bridgehead atoms. The second kappa shape index (κ2) is 3.93.